The summed E-state index contributed by atoms with van der Waals surface area (Å²) in [5.74, 6) is 0. The van der Waals surface area contributed by atoms with Crippen molar-refractivity contribution in [3.63, 3.8) is 0 Å². The normalized spacial score (nSPS) is 12.6. The highest BCUT2D eigenvalue weighted by Crippen LogP contribution is 2.20. The van der Waals surface area contributed by atoms with Crippen LogP contribution in [0.25, 0.3) is 0 Å². The molecular weight excluding hydrogens is 403 g/mol. The maximum Gasteiger partial charge on any atom is 0.522 e. The average Bonchev–Trinajstić information content (AvgIpc) is 2.64. The molecule has 0 aliphatic heterocycles. The van der Waals surface area contributed by atoms with Crippen LogP contribution in [0.2, 0.25) is 0 Å². The summed E-state index contributed by atoms with van der Waals surface area (Å²) in [6.45, 7) is 15.1. The molecule has 0 aliphatic rings. The fourth-order valence-corrected chi connectivity index (χ4v) is 3.38. The molecule has 0 aromatic heterocycles. The Hall–Kier alpha value is -0.340. The lowest BCUT2D eigenvalue weighted by Gasteiger charge is -2.39. The second-order valence-electron chi connectivity index (χ2n) is 7.99. The van der Waals surface area contributed by atoms with Crippen LogP contribution in [-0.4, -0.2) is 49.1 Å². The van der Waals surface area contributed by atoms with Crippen LogP contribution in [-0.2, 0) is 10.1 Å². The largest absolute Gasteiger partial charge is 0.522 e. The van der Waals surface area contributed by atoms with Gasteiger partial charge in [0, 0.05) is 0 Å². The van der Waals surface area contributed by atoms with E-state index in [1.165, 1.54) is 108 Å². The Morgan fingerprint density at radius 3 is 1.21 bits per heavy atom. The first-order chi connectivity index (χ1) is 13.5. The highest BCUT2D eigenvalue weighted by molar-refractivity contribution is 7.86. The molecule has 0 saturated carbocycles. The molecule has 0 saturated heterocycles. The van der Waals surface area contributed by atoms with Crippen molar-refractivity contribution in [2.45, 2.75) is 110 Å². The Kier molecular flexibility index (Phi) is 18.5. The van der Waals surface area contributed by atoms with E-state index in [1.807, 2.05) is 0 Å². The highest BCUT2D eigenvalue weighted by atomic mass is 32.2. The smallest absolute Gasteiger partial charge is 0.324 e. The zero-order valence-electron chi connectivity index (χ0n) is 19.1. The second-order valence-corrected chi connectivity index (χ2v) is 9.40. The molecule has 178 valence electrons. The van der Waals surface area contributed by atoms with Crippen LogP contribution in [0, 0.1) is 0 Å². The third-order valence-corrected chi connectivity index (χ3v) is 5.82. The quantitative estimate of drug-likeness (QED) is 0.120. The molecule has 0 amide bonds. The molecule has 0 spiro atoms. The van der Waals surface area contributed by atoms with Crippen LogP contribution >= 0.6 is 0 Å². The summed E-state index contributed by atoms with van der Waals surface area (Å²) in [4.78, 5) is 0. The Morgan fingerprint density at radius 2 is 0.897 bits per heavy atom. The van der Waals surface area contributed by atoms with Crippen molar-refractivity contribution in [3.05, 3.63) is 0 Å². The maximum absolute atomic E-state index is 10.7. The van der Waals surface area contributed by atoms with Gasteiger partial charge in [-0.15, -0.1) is 0 Å². The molecular formula is C21H45F3NO3S+. The summed E-state index contributed by atoms with van der Waals surface area (Å²) >= 11 is 0. The van der Waals surface area contributed by atoms with E-state index in [-0.39, 0.29) is 0 Å². The predicted octanol–water partition coefficient (Wildman–Crippen LogP) is 6.96. The van der Waals surface area contributed by atoms with Gasteiger partial charge in [-0.3, -0.25) is 4.55 Å². The van der Waals surface area contributed by atoms with Gasteiger partial charge < -0.3 is 4.48 Å². The van der Waals surface area contributed by atoms with E-state index in [4.69, 9.17) is 13.0 Å². The molecule has 4 nitrogen and oxygen atoms in total. The number of hydrogen-bond acceptors (Lipinski definition) is 2. The SMILES string of the molecule is CCCCCCCC[N+](CCCC)(CCCC)CCCC.O=S(=O)(O)C(F)(F)F. The first-order valence-electron chi connectivity index (χ1n) is 11.4. The minimum absolute atomic E-state index is 1.36. The number of unbranched alkanes of at least 4 members (excludes halogenated alkanes) is 8. The molecule has 1 N–H and O–H groups in total. The van der Waals surface area contributed by atoms with E-state index in [1.54, 1.807) is 0 Å². The molecule has 8 heteroatoms. The number of nitrogens with zero attached hydrogens (tertiary/aromatic N) is 1. The van der Waals surface area contributed by atoms with E-state index in [9.17, 15) is 13.2 Å². The molecule has 0 radical (unpaired) electrons. The highest BCUT2D eigenvalue weighted by Gasteiger charge is 2.44. The van der Waals surface area contributed by atoms with Crippen molar-refractivity contribution in [3.8, 4) is 0 Å². The van der Waals surface area contributed by atoms with Gasteiger partial charge in [-0.2, -0.15) is 21.6 Å². The third-order valence-electron chi connectivity index (χ3n) is 5.24. The number of rotatable bonds is 16. The summed E-state index contributed by atoms with van der Waals surface area (Å²) in [6.07, 6.45) is 17.0. The van der Waals surface area contributed by atoms with E-state index in [2.05, 4.69) is 27.7 Å². The topological polar surface area (TPSA) is 54.4 Å². The summed E-state index contributed by atoms with van der Waals surface area (Å²) in [6, 6.07) is 0. The Labute approximate surface area is 177 Å². The summed E-state index contributed by atoms with van der Waals surface area (Å²) in [7, 11) is -5.84. The lowest BCUT2D eigenvalue weighted by molar-refractivity contribution is -0.929. The Balaban J connectivity index is 0. The first kappa shape index (κ1) is 30.9. The zero-order valence-corrected chi connectivity index (χ0v) is 19.9. The van der Waals surface area contributed by atoms with Crippen LogP contribution in [0.3, 0.4) is 0 Å². The van der Waals surface area contributed by atoms with Gasteiger partial charge in [0.25, 0.3) is 0 Å². The van der Waals surface area contributed by atoms with Gasteiger partial charge in [0.05, 0.1) is 26.2 Å². The molecule has 0 fully saturated rings. The van der Waals surface area contributed by atoms with Crippen LogP contribution in [0.1, 0.15) is 105 Å². The minimum atomic E-state index is -5.84. The number of hydrogen-bond donors (Lipinski definition) is 1. The molecule has 0 heterocycles. The van der Waals surface area contributed by atoms with Gasteiger partial charge >= 0.3 is 15.6 Å². The van der Waals surface area contributed by atoms with Crippen molar-refractivity contribution in [2.24, 2.45) is 0 Å². The summed E-state index contributed by atoms with van der Waals surface area (Å²) in [5.41, 5.74) is -5.53. The van der Waals surface area contributed by atoms with Gasteiger partial charge in [0.1, 0.15) is 0 Å². The van der Waals surface area contributed by atoms with E-state index in [0.717, 1.165) is 0 Å². The fourth-order valence-electron chi connectivity index (χ4n) is 3.38. The monoisotopic (exact) mass is 448 g/mol. The van der Waals surface area contributed by atoms with Crippen LogP contribution < -0.4 is 0 Å². The number of quaternary nitrogens is 1. The van der Waals surface area contributed by atoms with Gasteiger partial charge in [-0.25, -0.2) is 0 Å². The van der Waals surface area contributed by atoms with E-state index in [0.29, 0.717) is 0 Å². The standard InChI is InChI=1S/C20H44N.CHF3O3S/c1-5-9-13-14-15-16-20-21(17-10-6-2,18-11-7-3)19-12-8-4;2-1(3,4)8(5,6)7/h5-20H2,1-4H3;(H,5,6,7)/q+1;. The van der Waals surface area contributed by atoms with Gasteiger partial charge in [0.15, 0.2) is 0 Å². The molecule has 0 rings (SSSR count). The Bertz CT molecular complexity index is 447. The second kappa shape index (κ2) is 17.4. The molecule has 0 aliphatic carbocycles. The van der Waals surface area contributed by atoms with Gasteiger partial charge in [-0.05, 0) is 32.1 Å². The zero-order chi connectivity index (χ0) is 22.8. The Morgan fingerprint density at radius 1 is 0.621 bits per heavy atom. The van der Waals surface area contributed by atoms with Crippen LogP contribution in [0.15, 0.2) is 0 Å². The third kappa shape index (κ3) is 17.1. The van der Waals surface area contributed by atoms with Crippen molar-refractivity contribution >= 4 is 10.1 Å². The average molecular weight is 449 g/mol. The first-order valence-corrected chi connectivity index (χ1v) is 12.8. The molecule has 0 aromatic carbocycles. The maximum atomic E-state index is 10.7. The molecule has 0 atom stereocenters. The number of halogens is 3. The van der Waals surface area contributed by atoms with Crippen LogP contribution in [0.5, 0.6) is 0 Å². The molecule has 0 bridgehead atoms. The van der Waals surface area contributed by atoms with Gasteiger partial charge in [-0.1, -0.05) is 72.6 Å². The van der Waals surface area contributed by atoms with Crippen molar-refractivity contribution in [1.82, 2.24) is 0 Å². The fraction of sp³-hybridized carbons (Fsp3) is 1.00. The lowest BCUT2D eigenvalue weighted by atomic mass is 10.1. The van der Waals surface area contributed by atoms with Gasteiger partial charge in [0.2, 0.25) is 0 Å². The van der Waals surface area contributed by atoms with Crippen LogP contribution in [0.4, 0.5) is 13.2 Å². The number of alkyl halides is 3. The minimum Gasteiger partial charge on any atom is -0.324 e. The van der Waals surface area contributed by atoms with E-state index < -0.39 is 15.6 Å². The summed E-state index contributed by atoms with van der Waals surface area (Å²) < 4.78 is 59.0. The lowest BCUT2D eigenvalue weighted by Crippen LogP contribution is -2.50. The van der Waals surface area contributed by atoms with Crippen molar-refractivity contribution in [2.75, 3.05) is 26.2 Å². The van der Waals surface area contributed by atoms with Crippen molar-refractivity contribution in [1.29, 1.82) is 0 Å². The molecule has 29 heavy (non-hydrogen) atoms. The molecule has 0 unspecified atom stereocenters. The predicted molar refractivity (Wildman–Crippen MR) is 115 cm³/mol. The molecule has 0 aromatic rings. The van der Waals surface area contributed by atoms with Crippen molar-refractivity contribution < 1.29 is 30.6 Å². The van der Waals surface area contributed by atoms with E-state index >= 15 is 0 Å². The summed E-state index contributed by atoms with van der Waals surface area (Å²) in [5, 5.41) is 0.